The Labute approximate surface area is 81.3 Å². The van der Waals surface area contributed by atoms with Crippen molar-refractivity contribution in [2.45, 2.75) is 18.2 Å². The van der Waals surface area contributed by atoms with Crippen molar-refractivity contribution in [1.82, 2.24) is 4.72 Å². The van der Waals surface area contributed by atoms with Crippen LogP contribution in [0, 0.1) is 0 Å². The first-order chi connectivity index (χ1) is 6.22. The fraction of sp³-hybridized carbons (Fsp3) is 0.222. The van der Waals surface area contributed by atoms with Gasteiger partial charge in [0.25, 0.3) is 0 Å². The third-order valence-corrected chi connectivity index (χ3v) is 2.33. The van der Waals surface area contributed by atoms with E-state index in [0.29, 0.717) is 0 Å². The maximum Gasteiger partial charge on any atom is 0.415 e. The molecule has 0 saturated heterocycles. The summed E-state index contributed by atoms with van der Waals surface area (Å²) < 4.78 is 2.25. The highest BCUT2D eigenvalue weighted by Crippen LogP contribution is 2.16. The van der Waals surface area contributed by atoms with Crippen LogP contribution in [0.5, 0.6) is 0 Å². The maximum absolute atomic E-state index is 10.2. The zero-order valence-corrected chi connectivity index (χ0v) is 8.10. The van der Waals surface area contributed by atoms with Gasteiger partial charge in [-0.2, -0.15) is 0 Å². The predicted octanol–water partition coefficient (Wildman–Crippen LogP) is 2.52. The number of aryl methyl sites for hydroxylation is 1. The number of hydrogen-bond acceptors (Lipinski definition) is 2. The third-order valence-electron chi connectivity index (χ3n) is 1.56. The summed E-state index contributed by atoms with van der Waals surface area (Å²) in [6.45, 7) is 2.06. The molecule has 1 amide bonds. The van der Waals surface area contributed by atoms with E-state index in [0.717, 1.165) is 23.3 Å². The smallest absolute Gasteiger partial charge is 0.415 e. The highest BCUT2D eigenvalue weighted by atomic mass is 32.2. The maximum atomic E-state index is 10.2. The molecular formula is C9H11NO2S. The lowest BCUT2D eigenvalue weighted by atomic mass is 10.2. The van der Waals surface area contributed by atoms with E-state index in [9.17, 15) is 4.79 Å². The molecule has 3 nitrogen and oxygen atoms in total. The third kappa shape index (κ3) is 3.38. The van der Waals surface area contributed by atoms with Crippen LogP contribution >= 0.6 is 11.9 Å². The minimum Gasteiger partial charge on any atom is -0.464 e. The van der Waals surface area contributed by atoms with Crippen LogP contribution < -0.4 is 4.72 Å². The molecule has 0 spiro atoms. The molecule has 0 bridgehead atoms. The van der Waals surface area contributed by atoms with Gasteiger partial charge in [0.1, 0.15) is 0 Å². The highest BCUT2D eigenvalue weighted by Gasteiger charge is 1.97. The van der Waals surface area contributed by atoms with E-state index in [1.807, 2.05) is 24.3 Å². The molecule has 0 aliphatic heterocycles. The molecule has 1 aromatic rings. The summed E-state index contributed by atoms with van der Waals surface area (Å²) in [4.78, 5) is 11.1. The van der Waals surface area contributed by atoms with E-state index in [1.165, 1.54) is 5.56 Å². The molecule has 0 unspecified atom stereocenters. The Morgan fingerprint density at radius 1 is 1.62 bits per heavy atom. The summed E-state index contributed by atoms with van der Waals surface area (Å²) in [6.07, 6.45) is -0.0616. The van der Waals surface area contributed by atoms with Gasteiger partial charge in [-0.05, 0) is 36.1 Å². The predicted molar refractivity (Wildman–Crippen MR) is 52.8 cm³/mol. The summed E-state index contributed by atoms with van der Waals surface area (Å²) in [5.74, 6) is 0. The quantitative estimate of drug-likeness (QED) is 0.732. The van der Waals surface area contributed by atoms with Crippen LogP contribution in [0.4, 0.5) is 4.79 Å². The normalized spacial score (nSPS) is 9.62. The van der Waals surface area contributed by atoms with Gasteiger partial charge in [0.2, 0.25) is 0 Å². The van der Waals surface area contributed by atoms with Gasteiger partial charge in [0.15, 0.2) is 0 Å². The Morgan fingerprint density at radius 3 is 3.00 bits per heavy atom. The van der Waals surface area contributed by atoms with Crippen molar-refractivity contribution in [3.63, 3.8) is 0 Å². The second kappa shape index (κ2) is 4.77. The molecule has 0 fully saturated rings. The minimum atomic E-state index is -1.02. The second-order valence-corrected chi connectivity index (χ2v) is 3.39. The van der Waals surface area contributed by atoms with Gasteiger partial charge in [0.05, 0.1) is 0 Å². The zero-order chi connectivity index (χ0) is 9.68. The number of nitrogens with one attached hydrogen (secondary N) is 1. The van der Waals surface area contributed by atoms with Crippen LogP contribution in [0.25, 0.3) is 0 Å². The number of amides is 1. The number of hydrogen-bond donors (Lipinski definition) is 2. The van der Waals surface area contributed by atoms with Crippen LogP contribution in [-0.4, -0.2) is 11.2 Å². The van der Waals surface area contributed by atoms with Gasteiger partial charge in [-0.15, -0.1) is 0 Å². The summed E-state index contributed by atoms with van der Waals surface area (Å²) in [5.41, 5.74) is 1.21. The summed E-state index contributed by atoms with van der Waals surface area (Å²) in [5, 5.41) is 8.37. The lowest BCUT2D eigenvalue weighted by Gasteiger charge is -2.01. The number of carboxylic acid groups (broad SMARTS) is 1. The molecule has 0 heterocycles. The monoisotopic (exact) mass is 197 g/mol. The Hall–Kier alpha value is -1.16. The van der Waals surface area contributed by atoms with Crippen molar-refractivity contribution in [1.29, 1.82) is 0 Å². The van der Waals surface area contributed by atoms with E-state index in [2.05, 4.69) is 11.6 Å². The standard InChI is InChI=1S/C9H11NO2S/c1-2-7-4-3-5-8(6-7)13-10-9(11)12/h3-6,10H,2H2,1H3,(H,11,12). The molecule has 1 rings (SSSR count). The van der Waals surface area contributed by atoms with E-state index in [4.69, 9.17) is 5.11 Å². The Kier molecular flexibility index (Phi) is 3.64. The van der Waals surface area contributed by atoms with Gasteiger partial charge in [-0.25, -0.2) is 4.79 Å². The summed E-state index contributed by atoms with van der Waals surface area (Å²) in [7, 11) is 0. The van der Waals surface area contributed by atoms with Crippen molar-refractivity contribution in [2.75, 3.05) is 0 Å². The lowest BCUT2D eigenvalue weighted by Crippen LogP contribution is -2.11. The first kappa shape index (κ1) is 9.92. The largest absolute Gasteiger partial charge is 0.464 e. The topological polar surface area (TPSA) is 49.3 Å². The lowest BCUT2D eigenvalue weighted by molar-refractivity contribution is 0.202. The molecule has 13 heavy (non-hydrogen) atoms. The molecule has 0 atom stereocenters. The average molecular weight is 197 g/mol. The molecule has 0 aliphatic rings. The number of rotatable bonds is 3. The van der Waals surface area contributed by atoms with Gasteiger partial charge in [0, 0.05) is 4.90 Å². The van der Waals surface area contributed by atoms with Crippen molar-refractivity contribution in [2.24, 2.45) is 0 Å². The number of benzene rings is 1. The van der Waals surface area contributed by atoms with E-state index < -0.39 is 6.09 Å². The Bertz CT molecular complexity index is 301. The fourth-order valence-electron chi connectivity index (χ4n) is 0.931. The molecule has 4 heteroatoms. The van der Waals surface area contributed by atoms with Crippen LogP contribution in [0.15, 0.2) is 29.2 Å². The summed E-state index contributed by atoms with van der Waals surface area (Å²) >= 11 is 1.11. The van der Waals surface area contributed by atoms with Gasteiger partial charge >= 0.3 is 6.09 Å². The second-order valence-electron chi connectivity index (χ2n) is 2.51. The molecular weight excluding hydrogens is 186 g/mol. The first-order valence-electron chi connectivity index (χ1n) is 3.97. The molecule has 2 N–H and O–H groups in total. The van der Waals surface area contributed by atoms with Gasteiger partial charge in [-0.1, -0.05) is 19.1 Å². The SMILES string of the molecule is CCc1cccc(SNC(=O)O)c1. The highest BCUT2D eigenvalue weighted by molar-refractivity contribution is 7.98. The molecule has 70 valence electrons. The van der Waals surface area contributed by atoms with Crippen molar-refractivity contribution < 1.29 is 9.90 Å². The van der Waals surface area contributed by atoms with Crippen molar-refractivity contribution >= 4 is 18.0 Å². The molecule has 0 radical (unpaired) electrons. The molecule has 0 aromatic heterocycles. The van der Waals surface area contributed by atoms with Crippen LogP contribution in [0.1, 0.15) is 12.5 Å². The van der Waals surface area contributed by atoms with Crippen LogP contribution in [0.2, 0.25) is 0 Å². The van der Waals surface area contributed by atoms with Crippen molar-refractivity contribution in [3.8, 4) is 0 Å². The summed E-state index contributed by atoms with van der Waals surface area (Å²) in [6, 6.07) is 7.79. The zero-order valence-electron chi connectivity index (χ0n) is 7.28. The minimum absolute atomic E-state index is 0.918. The van der Waals surface area contributed by atoms with Gasteiger partial charge in [-0.3, -0.25) is 4.72 Å². The average Bonchev–Trinajstić information content (AvgIpc) is 2.15. The molecule has 0 saturated carbocycles. The molecule has 1 aromatic carbocycles. The first-order valence-corrected chi connectivity index (χ1v) is 4.78. The van der Waals surface area contributed by atoms with Crippen molar-refractivity contribution in [3.05, 3.63) is 29.8 Å². The molecule has 0 aliphatic carbocycles. The van der Waals surface area contributed by atoms with E-state index in [-0.39, 0.29) is 0 Å². The van der Waals surface area contributed by atoms with Crippen LogP contribution in [-0.2, 0) is 6.42 Å². The Morgan fingerprint density at radius 2 is 2.38 bits per heavy atom. The van der Waals surface area contributed by atoms with Gasteiger partial charge < -0.3 is 5.11 Å². The fourth-order valence-corrected chi connectivity index (χ4v) is 1.49. The van der Waals surface area contributed by atoms with Crippen LogP contribution in [0.3, 0.4) is 0 Å². The van der Waals surface area contributed by atoms with E-state index >= 15 is 0 Å². The number of carbonyl (C=O) groups is 1. The van der Waals surface area contributed by atoms with E-state index in [1.54, 1.807) is 0 Å². The Balaban J connectivity index is 2.61.